The highest BCUT2D eigenvalue weighted by Crippen LogP contribution is 2.32. The van der Waals surface area contributed by atoms with E-state index in [2.05, 4.69) is 5.10 Å². The lowest BCUT2D eigenvalue weighted by molar-refractivity contribution is -0.137. The number of rotatable bonds is 4. The van der Waals surface area contributed by atoms with Crippen molar-refractivity contribution in [3.63, 3.8) is 0 Å². The van der Waals surface area contributed by atoms with E-state index >= 15 is 0 Å². The molecule has 1 saturated heterocycles. The average molecular weight is 347 g/mol. The first kappa shape index (κ1) is 16.7. The number of hydrogen-bond donors (Lipinski definition) is 1. The first-order chi connectivity index (χ1) is 11.4. The molecule has 0 unspecified atom stereocenters. The molecule has 0 bridgehead atoms. The summed E-state index contributed by atoms with van der Waals surface area (Å²) in [5, 5.41) is 15.1. The molecule has 0 aliphatic carbocycles. The molecule has 3 heterocycles. The molecule has 2 aromatic heterocycles. The summed E-state index contributed by atoms with van der Waals surface area (Å²) in [4.78, 5) is 26.8. The third-order valence-corrected chi connectivity index (χ3v) is 5.84. The zero-order chi connectivity index (χ0) is 17.3. The lowest BCUT2D eigenvalue weighted by Gasteiger charge is -2.36. The average Bonchev–Trinajstić information content (AvgIpc) is 3.26. The molecule has 1 N–H and O–H groups in total. The van der Waals surface area contributed by atoms with E-state index in [9.17, 15) is 9.59 Å². The predicted octanol–water partition coefficient (Wildman–Crippen LogP) is 2.78. The van der Waals surface area contributed by atoms with Crippen molar-refractivity contribution in [1.82, 2.24) is 14.7 Å². The minimum Gasteiger partial charge on any atom is -0.478 e. The van der Waals surface area contributed by atoms with Crippen LogP contribution in [0, 0.1) is 0 Å². The van der Waals surface area contributed by atoms with Gasteiger partial charge >= 0.3 is 5.97 Å². The van der Waals surface area contributed by atoms with Gasteiger partial charge in [0, 0.05) is 24.2 Å². The van der Waals surface area contributed by atoms with Gasteiger partial charge in [-0.1, -0.05) is 6.07 Å². The van der Waals surface area contributed by atoms with Gasteiger partial charge in [-0.3, -0.25) is 9.48 Å². The summed E-state index contributed by atoms with van der Waals surface area (Å²) < 4.78 is 1.72. The van der Waals surface area contributed by atoms with Gasteiger partial charge in [0.15, 0.2) is 0 Å². The molecule has 0 saturated carbocycles. The number of carbonyl (C=O) groups is 2. The molecule has 1 amide bonds. The van der Waals surface area contributed by atoms with Crippen LogP contribution in [0.4, 0.5) is 0 Å². The number of thiophene rings is 1. The minimum atomic E-state index is -0.966. The van der Waals surface area contributed by atoms with Gasteiger partial charge in [0.25, 0.3) is 0 Å². The van der Waals surface area contributed by atoms with Crippen LogP contribution in [0.1, 0.15) is 48.0 Å². The molecule has 24 heavy (non-hydrogen) atoms. The molecule has 1 aliphatic heterocycles. The molecular weight excluding hydrogens is 326 g/mol. The lowest BCUT2D eigenvalue weighted by Crippen LogP contribution is -2.47. The van der Waals surface area contributed by atoms with E-state index in [0.29, 0.717) is 13.1 Å². The minimum absolute atomic E-state index is 0.145. The molecule has 128 valence electrons. The van der Waals surface area contributed by atoms with E-state index in [0.717, 1.165) is 17.7 Å². The van der Waals surface area contributed by atoms with Gasteiger partial charge in [-0.15, -0.1) is 11.3 Å². The van der Waals surface area contributed by atoms with Crippen molar-refractivity contribution in [2.75, 3.05) is 13.1 Å². The van der Waals surface area contributed by atoms with Crippen molar-refractivity contribution >= 4 is 23.2 Å². The summed E-state index contributed by atoms with van der Waals surface area (Å²) in [5.74, 6) is -0.818. The van der Waals surface area contributed by atoms with Gasteiger partial charge in [-0.2, -0.15) is 5.10 Å². The zero-order valence-electron chi connectivity index (χ0n) is 13.8. The first-order valence-corrected chi connectivity index (χ1v) is 8.88. The second-order valence-electron chi connectivity index (χ2n) is 6.64. The number of piperidine rings is 1. The van der Waals surface area contributed by atoms with E-state index in [1.54, 1.807) is 22.2 Å². The molecule has 0 radical (unpaired) electrons. The molecule has 2 aromatic rings. The highest BCUT2D eigenvalue weighted by Gasteiger charge is 2.36. The maximum Gasteiger partial charge on any atom is 0.338 e. The number of aromatic nitrogens is 2. The first-order valence-electron chi connectivity index (χ1n) is 8.00. The van der Waals surface area contributed by atoms with Crippen LogP contribution in [0.25, 0.3) is 0 Å². The summed E-state index contributed by atoms with van der Waals surface area (Å²) in [6.07, 6.45) is 4.51. The second kappa shape index (κ2) is 6.39. The van der Waals surface area contributed by atoms with Gasteiger partial charge in [0.2, 0.25) is 5.91 Å². The molecule has 7 heteroatoms. The van der Waals surface area contributed by atoms with E-state index in [1.165, 1.54) is 6.20 Å². The van der Waals surface area contributed by atoms with Crippen LogP contribution < -0.4 is 0 Å². The monoisotopic (exact) mass is 347 g/mol. The van der Waals surface area contributed by atoms with Crippen LogP contribution in [0.5, 0.6) is 0 Å². The molecular formula is C17H21N3O3S. The maximum atomic E-state index is 12.9. The summed E-state index contributed by atoms with van der Waals surface area (Å²) >= 11 is 1.61. The van der Waals surface area contributed by atoms with Gasteiger partial charge < -0.3 is 10.0 Å². The Labute approximate surface area is 144 Å². The Bertz CT molecular complexity index is 728. The van der Waals surface area contributed by atoms with Crippen LogP contribution in [0.15, 0.2) is 29.9 Å². The Kier molecular flexibility index (Phi) is 4.45. The highest BCUT2D eigenvalue weighted by molar-refractivity contribution is 7.10. The fourth-order valence-corrected chi connectivity index (χ4v) is 3.96. The van der Waals surface area contributed by atoms with Gasteiger partial charge in [-0.25, -0.2) is 4.79 Å². The van der Waals surface area contributed by atoms with Crippen LogP contribution in [0.2, 0.25) is 0 Å². The van der Waals surface area contributed by atoms with Crippen molar-refractivity contribution in [3.05, 3.63) is 40.3 Å². The summed E-state index contributed by atoms with van der Waals surface area (Å²) in [6.45, 7) is 5.28. The molecule has 6 nitrogen and oxygen atoms in total. The van der Waals surface area contributed by atoms with Crippen LogP contribution in [0.3, 0.4) is 0 Å². The van der Waals surface area contributed by atoms with E-state index in [-0.39, 0.29) is 17.5 Å². The Balaban J connectivity index is 1.64. The van der Waals surface area contributed by atoms with Crippen molar-refractivity contribution < 1.29 is 14.7 Å². The van der Waals surface area contributed by atoms with Crippen molar-refractivity contribution in [2.45, 2.75) is 38.1 Å². The maximum absolute atomic E-state index is 12.9. The SMILES string of the molecule is CC(C)(C(=O)N1CCC(n2cc(C(=O)O)cn2)CC1)c1cccs1. The second-order valence-corrected chi connectivity index (χ2v) is 7.59. The third kappa shape index (κ3) is 3.08. The van der Waals surface area contributed by atoms with E-state index < -0.39 is 11.4 Å². The van der Waals surface area contributed by atoms with Crippen LogP contribution >= 0.6 is 11.3 Å². The fourth-order valence-electron chi connectivity index (χ4n) is 3.12. The number of nitrogens with zero attached hydrogens (tertiary/aromatic N) is 3. The summed E-state index contributed by atoms with van der Waals surface area (Å²) in [6, 6.07) is 4.12. The van der Waals surface area contributed by atoms with Crippen LogP contribution in [-0.2, 0) is 10.2 Å². The number of likely N-dealkylation sites (tertiary alicyclic amines) is 1. The molecule has 3 rings (SSSR count). The topological polar surface area (TPSA) is 75.4 Å². The fraction of sp³-hybridized carbons (Fsp3) is 0.471. The number of amides is 1. The molecule has 1 fully saturated rings. The number of carboxylic acid groups (broad SMARTS) is 1. The zero-order valence-corrected chi connectivity index (χ0v) is 14.6. The molecule has 0 aromatic carbocycles. The quantitative estimate of drug-likeness (QED) is 0.923. The molecule has 1 aliphatic rings. The number of aromatic carboxylic acids is 1. The highest BCUT2D eigenvalue weighted by atomic mass is 32.1. The standard InChI is InChI=1S/C17H21N3O3S/c1-17(2,14-4-3-9-24-14)16(23)19-7-5-13(6-8-19)20-11-12(10-18-20)15(21)22/h3-4,9-11,13H,5-8H2,1-2H3,(H,21,22). The summed E-state index contributed by atoms with van der Waals surface area (Å²) in [7, 11) is 0. The largest absolute Gasteiger partial charge is 0.478 e. The van der Waals surface area contributed by atoms with E-state index in [4.69, 9.17) is 5.11 Å². The summed E-state index contributed by atoms with van der Waals surface area (Å²) in [5.41, 5.74) is -0.309. The van der Waals surface area contributed by atoms with Crippen molar-refractivity contribution in [3.8, 4) is 0 Å². The normalized spacial score (nSPS) is 16.3. The lowest BCUT2D eigenvalue weighted by atomic mass is 9.88. The Hall–Kier alpha value is -2.15. The Morgan fingerprint density at radius 2 is 2.04 bits per heavy atom. The Morgan fingerprint density at radius 1 is 1.33 bits per heavy atom. The van der Waals surface area contributed by atoms with Crippen molar-refractivity contribution in [1.29, 1.82) is 0 Å². The Morgan fingerprint density at radius 3 is 2.58 bits per heavy atom. The smallest absolute Gasteiger partial charge is 0.338 e. The van der Waals surface area contributed by atoms with E-state index in [1.807, 2.05) is 36.3 Å². The third-order valence-electron chi connectivity index (χ3n) is 4.65. The molecule has 0 spiro atoms. The van der Waals surface area contributed by atoms with Crippen LogP contribution in [-0.4, -0.2) is 44.8 Å². The van der Waals surface area contributed by atoms with Gasteiger partial charge in [-0.05, 0) is 38.1 Å². The number of hydrogen-bond acceptors (Lipinski definition) is 4. The van der Waals surface area contributed by atoms with Crippen molar-refractivity contribution in [2.24, 2.45) is 0 Å². The van der Waals surface area contributed by atoms with Gasteiger partial charge in [0.05, 0.1) is 23.2 Å². The predicted molar refractivity (Wildman–Crippen MR) is 91.4 cm³/mol. The number of carboxylic acids is 1. The molecule has 0 atom stereocenters. The van der Waals surface area contributed by atoms with Gasteiger partial charge in [0.1, 0.15) is 0 Å². The number of carbonyl (C=O) groups excluding carboxylic acids is 1.